The van der Waals surface area contributed by atoms with Gasteiger partial charge in [-0.25, -0.2) is 4.79 Å². The molecule has 0 bridgehead atoms. The van der Waals surface area contributed by atoms with Crippen molar-refractivity contribution in [1.29, 1.82) is 0 Å². The Morgan fingerprint density at radius 3 is 2.62 bits per heavy atom. The molecule has 0 heterocycles. The van der Waals surface area contributed by atoms with E-state index in [1.807, 2.05) is 0 Å². The fourth-order valence-corrected chi connectivity index (χ4v) is 1.68. The maximum atomic E-state index is 11.7. The molecule has 0 saturated heterocycles. The van der Waals surface area contributed by atoms with Crippen LogP contribution in [0.5, 0.6) is 0 Å². The first-order valence-corrected chi connectivity index (χ1v) is 6.31. The predicted octanol–water partition coefficient (Wildman–Crippen LogP) is 1.32. The van der Waals surface area contributed by atoms with Crippen molar-refractivity contribution in [3.05, 3.63) is 33.9 Å². The second-order valence-corrected chi connectivity index (χ2v) is 4.24. The molecule has 1 atom stereocenters. The van der Waals surface area contributed by atoms with Crippen molar-refractivity contribution < 1.29 is 19.2 Å². The number of nitrogens with zero attached hydrogens (tertiary/aromatic N) is 1. The summed E-state index contributed by atoms with van der Waals surface area (Å²) in [6, 6.07) is 3.26. The van der Waals surface area contributed by atoms with E-state index in [2.05, 4.69) is 15.4 Å². The number of hydrogen-bond acceptors (Lipinski definition) is 6. The van der Waals surface area contributed by atoms with E-state index in [0.717, 1.165) is 6.07 Å². The number of amides is 1. The normalized spacial score (nSPS) is 11.4. The lowest BCUT2D eigenvalue weighted by Crippen LogP contribution is -2.27. The lowest BCUT2D eigenvalue weighted by molar-refractivity contribution is -0.384. The number of rotatable bonds is 6. The third kappa shape index (κ3) is 4.16. The highest BCUT2D eigenvalue weighted by atomic mass is 16.6. The van der Waals surface area contributed by atoms with E-state index in [-0.39, 0.29) is 16.9 Å². The molecule has 2 N–H and O–H groups in total. The first-order chi connectivity index (χ1) is 9.90. The number of methoxy groups -OCH3 is 1. The van der Waals surface area contributed by atoms with Gasteiger partial charge in [0.15, 0.2) is 0 Å². The summed E-state index contributed by atoms with van der Waals surface area (Å²) in [5.74, 6) is -0.940. The van der Waals surface area contributed by atoms with Crippen molar-refractivity contribution in [1.82, 2.24) is 5.32 Å². The summed E-state index contributed by atoms with van der Waals surface area (Å²) in [5.41, 5.74) is 0.0419. The molecule has 0 fully saturated rings. The first kappa shape index (κ1) is 16.4. The predicted molar refractivity (Wildman–Crippen MR) is 76.2 cm³/mol. The van der Waals surface area contributed by atoms with Crippen LogP contribution in [0.3, 0.4) is 0 Å². The molecule has 1 amide bonds. The van der Waals surface area contributed by atoms with Crippen LogP contribution in [0.15, 0.2) is 18.2 Å². The number of nitrogens with one attached hydrogen (secondary N) is 2. The minimum atomic E-state index is -0.746. The number of nitro groups is 1. The van der Waals surface area contributed by atoms with E-state index in [1.165, 1.54) is 26.2 Å². The first-order valence-electron chi connectivity index (χ1n) is 6.31. The van der Waals surface area contributed by atoms with Gasteiger partial charge in [-0.3, -0.25) is 14.9 Å². The molecule has 1 aromatic carbocycles. The molecular weight excluding hydrogens is 278 g/mol. The average Bonchev–Trinajstić information content (AvgIpc) is 2.46. The van der Waals surface area contributed by atoms with Crippen LogP contribution in [0.25, 0.3) is 0 Å². The summed E-state index contributed by atoms with van der Waals surface area (Å²) >= 11 is 0. The van der Waals surface area contributed by atoms with Crippen molar-refractivity contribution in [3.8, 4) is 0 Å². The zero-order valence-corrected chi connectivity index (χ0v) is 12.0. The van der Waals surface area contributed by atoms with E-state index in [9.17, 15) is 19.7 Å². The van der Waals surface area contributed by atoms with Crippen LogP contribution in [0.2, 0.25) is 0 Å². The van der Waals surface area contributed by atoms with Crippen molar-refractivity contribution in [2.75, 3.05) is 19.0 Å². The second kappa shape index (κ2) is 7.22. The third-order valence-corrected chi connectivity index (χ3v) is 2.72. The summed E-state index contributed by atoms with van der Waals surface area (Å²) in [4.78, 5) is 33.5. The summed E-state index contributed by atoms with van der Waals surface area (Å²) in [6.45, 7) is 3.69. The Hall–Kier alpha value is -2.64. The fraction of sp³-hybridized carbons (Fsp3) is 0.385. The Balaban J connectivity index is 3.08. The molecule has 21 heavy (non-hydrogen) atoms. The number of ether oxygens (including phenoxy) is 1. The number of anilines is 1. The van der Waals surface area contributed by atoms with Crippen molar-refractivity contribution in [2.24, 2.45) is 0 Å². The van der Waals surface area contributed by atoms with E-state index in [4.69, 9.17) is 0 Å². The smallest absolute Gasteiger partial charge is 0.327 e. The van der Waals surface area contributed by atoms with Gasteiger partial charge in [0.05, 0.1) is 12.0 Å². The molecule has 8 heteroatoms. The Kier molecular flexibility index (Phi) is 5.65. The largest absolute Gasteiger partial charge is 0.467 e. The van der Waals surface area contributed by atoms with Gasteiger partial charge >= 0.3 is 5.97 Å². The van der Waals surface area contributed by atoms with E-state index in [1.54, 1.807) is 6.92 Å². The quantitative estimate of drug-likeness (QED) is 0.465. The van der Waals surface area contributed by atoms with Gasteiger partial charge in [0.2, 0.25) is 0 Å². The Morgan fingerprint density at radius 2 is 2.10 bits per heavy atom. The summed E-state index contributed by atoms with van der Waals surface area (Å²) < 4.78 is 4.54. The van der Waals surface area contributed by atoms with Gasteiger partial charge in [-0.15, -0.1) is 0 Å². The van der Waals surface area contributed by atoms with Gasteiger partial charge < -0.3 is 15.4 Å². The van der Waals surface area contributed by atoms with Crippen molar-refractivity contribution in [2.45, 2.75) is 19.9 Å². The number of carbonyl (C=O) groups excluding carboxylic acids is 2. The van der Waals surface area contributed by atoms with Gasteiger partial charge in [-0.2, -0.15) is 0 Å². The summed E-state index contributed by atoms with van der Waals surface area (Å²) in [7, 11) is 1.23. The van der Waals surface area contributed by atoms with Crippen LogP contribution < -0.4 is 10.6 Å². The molecule has 0 aromatic heterocycles. The molecule has 1 unspecified atom stereocenters. The fourth-order valence-electron chi connectivity index (χ4n) is 1.68. The molecule has 1 rings (SSSR count). The SMILES string of the molecule is CCNC(=O)c1ccc(NC(C)C(=O)OC)c([N+](=O)[O-])c1. The van der Waals surface area contributed by atoms with E-state index >= 15 is 0 Å². The Labute approximate surface area is 121 Å². The van der Waals surface area contributed by atoms with E-state index in [0.29, 0.717) is 6.54 Å². The van der Waals surface area contributed by atoms with Crippen LogP contribution in [0.4, 0.5) is 11.4 Å². The number of carbonyl (C=O) groups is 2. The highest BCUT2D eigenvalue weighted by Crippen LogP contribution is 2.26. The number of esters is 1. The van der Waals surface area contributed by atoms with Gasteiger partial charge in [0.1, 0.15) is 11.7 Å². The zero-order chi connectivity index (χ0) is 16.0. The molecule has 8 nitrogen and oxygen atoms in total. The third-order valence-electron chi connectivity index (χ3n) is 2.72. The van der Waals surface area contributed by atoms with Gasteiger partial charge in [-0.05, 0) is 26.0 Å². The lowest BCUT2D eigenvalue weighted by Gasteiger charge is -2.13. The molecule has 1 aromatic rings. The zero-order valence-electron chi connectivity index (χ0n) is 12.0. The van der Waals surface area contributed by atoms with Gasteiger partial charge in [-0.1, -0.05) is 0 Å². The molecule has 0 aliphatic rings. The van der Waals surface area contributed by atoms with E-state index < -0.39 is 22.8 Å². The minimum Gasteiger partial charge on any atom is -0.467 e. The lowest BCUT2D eigenvalue weighted by atomic mass is 10.1. The average molecular weight is 295 g/mol. The second-order valence-electron chi connectivity index (χ2n) is 4.24. The molecule has 0 radical (unpaired) electrons. The highest BCUT2D eigenvalue weighted by molar-refractivity contribution is 5.95. The summed E-state index contributed by atoms with van der Waals surface area (Å²) in [6.07, 6.45) is 0. The molecule has 0 aliphatic carbocycles. The van der Waals surface area contributed by atoms with Crippen molar-refractivity contribution >= 4 is 23.3 Å². The maximum Gasteiger partial charge on any atom is 0.327 e. The number of nitro benzene ring substituents is 1. The standard InChI is InChI=1S/C13H17N3O5/c1-4-14-12(17)9-5-6-10(11(7-9)16(19)20)15-8(2)13(18)21-3/h5-8,15H,4H2,1-3H3,(H,14,17). The molecular formula is C13H17N3O5. The Bertz CT molecular complexity index is 559. The molecule has 0 spiro atoms. The van der Waals surface area contributed by atoms with Gasteiger partial charge in [0, 0.05) is 18.2 Å². The summed E-state index contributed by atoms with van der Waals surface area (Å²) in [5, 5.41) is 16.3. The van der Waals surface area contributed by atoms with Gasteiger partial charge in [0.25, 0.3) is 11.6 Å². The monoisotopic (exact) mass is 295 g/mol. The number of hydrogen-bond donors (Lipinski definition) is 2. The minimum absolute atomic E-state index is 0.144. The van der Waals surface area contributed by atoms with Crippen molar-refractivity contribution in [3.63, 3.8) is 0 Å². The van der Waals surface area contributed by atoms with Crippen LogP contribution in [0, 0.1) is 10.1 Å². The maximum absolute atomic E-state index is 11.7. The molecule has 0 aliphatic heterocycles. The topological polar surface area (TPSA) is 111 Å². The highest BCUT2D eigenvalue weighted by Gasteiger charge is 2.21. The van der Waals surface area contributed by atoms with Crippen LogP contribution in [-0.2, 0) is 9.53 Å². The van der Waals surface area contributed by atoms with Crippen LogP contribution >= 0.6 is 0 Å². The molecule has 114 valence electrons. The Morgan fingerprint density at radius 1 is 1.43 bits per heavy atom. The molecule has 0 saturated carbocycles. The van der Waals surface area contributed by atoms with Crippen LogP contribution in [0.1, 0.15) is 24.2 Å². The number of benzene rings is 1. The van der Waals surface area contributed by atoms with Crippen LogP contribution in [-0.4, -0.2) is 36.5 Å².